The van der Waals surface area contributed by atoms with Crippen LogP contribution in [0.15, 0.2) is 48.5 Å². The summed E-state index contributed by atoms with van der Waals surface area (Å²) in [5.74, 6) is 1.43. The zero-order valence-corrected chi connectivity index (χ0v) is 15.4. The normalized spacial score (nSPS) is 15.8. The summed E-state index contributed by atoms with van der Waals surface area (Å²) in [5.41, 5.74) is 1.85. The minimum atomic E-state index is -0.283. The van der Waals surface area contributed by atoms with Gasteiger partial charge in [-0.15, -0.1) is 0 Å². The molecule has 0 saturated carbocycles. The second-order valence-electron chi connectivity index (χ2n) is 6.36. The number of carbonyl (C=O) groups excluding carboxylic acids is 1. The summed E-state index contributed by atoms with van der Waals surface area (Å²) in [5, 5.41) is 2.22. The number of hydrogen-bond donors (Lipinski definition) is 0. The van der Waals surface area contributed by atoms with Gasteiger partial charge < -0.3 is 18.9 Å². The van der Waals surface area contributed by atoms with E-state index in [1.54, 1.807) is 20.3 Å². The smallest absolute Gasteiger partial charge is 0.312 e. The van der Waals surface area contributed by atoms with E-state index in [1.165, 1.54) is 7.11 Å². The van der Waals surface area contributed by atoms with E-state index in [2.05, 4.69) is 18.2 Å². The van der Waals surface area contributed by atoms with Gasteiger partial charge in [-0.2, -0.15) is 0 Å². The van der Waals surface area contributed by atoms with E-state index in [1.807, 2.05) is 24.3 Å². The summed E-state index contributed by atoms with van der Waals surface area (Å²) in [6.45, 7) is 0. The number of benzene rings is 3. The third-order valence-corrected chi connectivity index (χ3v) is 4.97. The average Bonchev–Trinajstić information content (AvgIpc) is 2.71. The highest BCUT2D eigenvalue weighted by Crippen LogP contribution is 2.52. The van der Waals surface area contributed by atoms with Crippen molar-refractivity contribution in [1.82, 2.24) is 0 Å². The molecular formula is C22H20O5. The summed E-state index contributed by atoms with van der Waals surface area (Å²) < 4.78 is 22.1. The van der Waals surface area contributed by atoms with Crippen molar-refractivity contribution in [1.29, 1.82) is 0 Å². The first kappa shape index (κ1) is 17.2. The second kappa shape index (κ2) is 6.83. The van der Waals surface area contributed by atoms with Gasteiger partial charge in [0.2, 0.25) is 5.75 Å². The lowest BCUT2D eigenvalue weighted by atomic mass is 9.83. The van der Waals surface area contributed by atoms with Crippen LogP contribution in [-0.4, -0.2) is 27.3 Å². The topological polar surface area (TPSA) is 54.0 Å². The van der Waals surface area contributed by atoms with Crippen molar-refractivity contribution < 1.29 is 23.7 Å². The molecule has 5 heteroatoms. The molecule has 0 bridgehead atoms. The molecule has 0 fully saturated rings. The van der Waals surface area contributed by atoms with E-state index in [-0.39, 0.29) is 18.3 Å². The maximum Gasteiger partial charge on any atom is 0.312 e. The van der Waals surface area contributed by atoms with E-state index >= 15 is 0 Å². The Hall–Kier alpha value is -3.21. The molecule has 4 rings (SSSR count). The van der Waals surface area contributed by atoms with Crippen LogP contribution in [0.5, 0.6) is 23.0 Å². The summed E-state index contributed by atoms with van der Waals surface area (Å²) in [6.07, 6.45) is 0.229. The maximum absolute atomic E-state index is 12.4. The number of esters is 1. The van der Waals surface area contributed by atoms with Crippen molar-refractivity contribution in [3.05, 3.63) is 59.7 Å². The molecule has 3 aromatic carbocycles. The number of methoxy groups -OCH3 is 3. The van der Waals surface area contributed by atoms with E-state index in [0.717, 1.165) is 21.9 Å². The molecule has 138 valence electrons. The van der Waals surface area contributed by atoms with Gasteiger partial charge in [0.25, 0.3) is 0 Å². The standard InChI is InChI=1S/C22H20O5/c1-24-18-12-17-20(22(26-3)21(18)25-2)16(11-19(23)27-17)15-10-6-8-13-7-4-5-9-14(13)15/h4-10,12,16H,11H2,1-3H3. The number of rotatable bonds is 4. The van der Waals surface area contributed by atoms with Gasteiger partial charge in [0, 0.05) is 17.5 Å². The van der Waals surface area contributed by atoms with Crippen LogP contribution in [0.4, 0.5) is 0 Å². The lowest BCUT2D eigenvalue weighted by molar-refractivity contribution is -0.135. The third-order valence-electron chi connectivity index (χ3n) is 4.97. The number of fused-ring (bicyclic) bond motifs is 2. The summed E-state index contributed by atoms with van der Waals surface area (Å²) in [4.78, 5) is 12.4. The van der Waals surface area contributed by atoms with Crippen molar-refractivity contribution in [3.63, 3.8) is 0 Å². The van der Waals surface area contributed by atoms with Gasteiger partial charge in [-0.05, 0) is 16.3 Å². The number of hydrogen-bond acceptors (Lipinski definition) is 5. The Kier molecular flexibility index (Phi) is 4.36. The molecule has 0 spiro atoms. The van der Waals surface area contributed by atoms with Crippen LogP contribution in [-0.2, 0) is 4.79 Å². The Morgan fingerprint density at radius 3 is 2.41 bits per heavy atom. The first-order valence-corrected chi connectivity index (χ1v) is 8.69. The molecule has 3 aromatic rings. The van der Waals surface area contributed by atoms with Crippen LogP contribution in [0.25, 0.3) is 10.8 Å². The molecule has 1 aliphatic heterocycles. The van der Waals surface area contributed by atoms with Gasteiger partial charge in [-0.25, -0.2) is 0 Å². The summed E-state index contributed by atoms with van der Waals surface area (Å²) in [7, 11) is 4.68. The van der Waals surface area contributed by atoms with Gasteiger partial charge >= 0.3 is 5.97 Å². The van der Waals surface area contributed by atoms with Crippen LogP contribution >= 0.6 is 0 Å². The molecule has 27 heavy (non-hydrogen) atoms. The van der Waals surface area contributed by atoms with Gasteiger partial charge in [0.1, 0.15) is 5.75 Å². The minimum absolute atomic E-state index is 0.206. The van der Waals surface area contributed by atoms with E-state index < -0.39 is 0 Å². The lowest BCUT2D eigenvalue weighted by Crippen LogP contribution is -2.22. The van der Waals surface area contributed by atoms with Crippen molar-refractivity contribution in [2.45, 2.75) is 12.3 Å². The molecule has 0 aliphatic carbocycles. The van der Waals surface area contributed by atoms with Crippen LogP contribution in [0.3, 0.4) is 0 Å². The van der Waals surface area contributed by atoms with Crippen molar-refractivity contribution >= 4 is 16.7 Å². The average molecular weight is 364 g/mol. The Morgan fingerprint density at radius 1 is 0.926 bits per heavy atom. The van der Waals surface area contributed by atoms with Crippen molar-refractivity contribution in [2.75, 3.05) is 21.3 Å². The number of carbonyl (C=O) groups is 1. The fourth-order valence-corrected chi connectivity index (χ4v) is 3.82. The van der Waals surface area contributed by atoms with Crippen molar-refractivity contribution in [3.8, 4) is 23.0 Å². The van der Waals surface area contributed by atoms with Gasteiger partial charge in [0.05, 0.1) is 27.8 Å². The van der Waals surface area contributed by atoms with Gasteiger partial charge in [0.15, 0.2) is 11.5 Å². The summed E-state index contributed by atoms with van der Waals surface area (Å²) >= 11 is 0. The van der Waals surface area contributed by atoms with E-state index in [4.69, 9.17) is 18.9 Å². The Bertz CT molecular complexity index is 1020. The third kappa shape index (κ3) is 2.76. The zero-order valence-electron chi connectivity index (χ0n) is 15.4. The Morgan fingerprint density at radius 2 is 1.67 bits per heavy atom. The van der Waals surface area contributed by atoms with Crippen LogP contribution in [0.2, 0.25) is 0 Å². The fraction of sp³-hybridized carbons (Fsp3) is 0.227. The molecule has 1 heterocycles. The summed E-state index contributed by atoms with van der Waals surface area (Å²) in [6, 6.07) is 15.9. The second-order valence-corrected chi connectivity index (χ2v) is 6.36. The van der Waals surface area contributed by atoms with Crippen LogP contribution in [0, 0.1) is 0 Å². The van der Waals surface area contributed by atoms with Gasteiger partial charge in [-0.3, -0.25) is 4.79 Å². The highest BCUT2D eigenvalue weighted by atomic mass is 16.5. The highest BCUT2D eigenvalue weighted by molar-refractivity contribution is 5.89. The molecule has 0 N–H and O–H groups in total. The molecule has 1 atom stereocenters. The molecule has 0 saturated heterocycles. The van der Waals surface area contributed by atoms with E-state index in [0.29, 0.717) is 23.0 Å². The molecule has 0 radical (unpaired) electrons. The maximum atomic E-state index is 12.4. The zero-order chi connectivity index (χ0) is 19.0. The van der Waals surface area contributed by atoms with Gasteiger partial charge in [-0.1, -0.05) is 42.5 Å². The van der Waals surface area contributed by atoms with Crippen LogP contribution < -0.4 is 18.9 Å². The monoisotopic (exact) mass is 364 g/mol. The highest BCUT2D eigenvalue weighted by Gasteiger charge is 2.35. The van der Waals surface area contributed by atoms with E-state index in [9.17, 15) is 4.79 Å². The fourth-order valence-electron chi connectivity index (χ4n) is 3.82. The Labute approximate surface area is 157 Å². The van der Waals surface area contributed by atoms with Crippen LogP contribution in [0.1, 0.15) is 23.5 Å². The first-order chi connectivity index (χ1) is 13.2. The molecular weight excluding hydrogens is 344 g/mol. The molecule has 0 aromatic heterocycles. The largest absolute Gasteiger partial charge is 0.493 e. The quantitative estimate of drug-likeness (QED) is 0.510. The predicted molar refractivity (Wildman–Crippen MR) is 102 cm³/mol. The Balaban J connectivity index is 2.01. The van der Waals surface area contributed by atoms with Crippen molar-refractivity contribution in [2.24, 2.45) is 0 Å². The first-order valence-electron chi connectivity index (χ1n) is 8.69. The molecule has 0 amide bonds. The lowest BCUT2D eigenvalue weighted by Gasteiger charge is -2.29. The number of ether oxygens (including phenoxy) is 4. The minimum Gasteiger partial charge on any atom is -0.493 e. The molecule has 5 nitrogen and oxygen atoms in total. The SMILES string of the molecule is COc1cc2c(c(OC)c1OC)C(c1cccc3ccccc13)CC(=O)O2. The predicted octanol–water partition coefficient (Wildman–Crippen LogP) is 4.31. The molecule has 1 unspecified atom stereocenters. The molecule has 1 aliphatic rings.